The molecule has 2 nitrogen and oxygen atoms in total. The summed E-state index contributed by atoms with van der Waals surface area (Å²) >= 11 is 3.79. The molecule has 0 N–H and O–H groups in total. The molecule has 74 heavy (non-hydrogen) atoms. The average molecular weight is 985 g/mol. The highest BCUT2D eigenvalue weighted by Crippen LogP contribution is 2.52. The molecule has 2 heterocycles. The average Bonchev–Trinajstić information content (AvgIpc) is 4.07. The Labute approximate surface area is 440 Å². The smallest absolute Gasteiger partial charge is 0.0543 e. The molecule has 0 aliphatic rings. The van der Waals surface area contributed by atoms with Crippen molar-refractivity contribution in [1.82, 2.24) is 0 Å². The first-order valence-corrected chi connectivity index (χ1v) is 27.3. The van der Waals surface area contributed by atoms with Gasteiger partial charge in [0, 0.05) is 62.5 Å². The van der Waals surface area contributed by atoms with Gasteiger partial charge in [0.15, 0.2) is 0 Å². The SMILES string of the molecule is Cc1cc(-c2cccc3c2sc2ccccc23)cc(C)c1N(c1ccccc1)c1cc(C)c2ccc3c(N(c4ccccc4)c4c(C)cc(-c5cccc6c5sc5ccccc56)cc4C)cc(C)c4ccc1c2c43. The lowest BCUT2D eigenvalue weighted by molar-refractivity contribution is 1.22. The van der Waals surface area contributed by atoms with Crippen molar-refractivity contribution >= 4 is 129 Å². The zero-order valence-electron chi connectivity index (χ0n) is 42.3. The molecule has 14 rings (SSSR count). The predicted molar refractivity (Wildman–Crippen MR) is 325 cm³/mol. The van der Waals surface area contributed by atoms with Gasteiger partial charge in [0.1, 0.15) is 0 Å². The number of benzene rings is 12. The maximum absolute atomic E-state index is 2.53. The van der Waals surface area contributed by atoms with Crippen LogP contribution in [0.1, 0.15) is 33.4 Å². The number of rotatable bonds is 8. The third-order valence-electron chi connectivity index (χ3n) is 15.6. The molecule has 0 amide bonds. The first-order chi connectivity index (χ1) is 36.2. The molecule has 0 fully saturated rings. The molecule has 0 unspecified atom stereocenters. The van der Waals surface area contributed by atoms with Crippen LogP contribution in [0.2, 0.25) is 0 Å². The predicted octanol–water partition coefficient (Wildman–Crippen LogP) is 21.4. The molecule has 12 aromatic carbocycles. The highest BCUT2D eigenvalue weighted by Gasteiger charge is 2.27. The second-order valence-corrected chi connectivity index (χ2v) is 22.4. The van der Waals surface area contributed by atoms with Crippen LogP contribution in [-0.4, -0.2) is 0 Å². The molecule has 0 saturated heterocycles. The van der Waals surface area contributed by atoms with Gasteiger partial charge >= 0.3 is 0 Å². The summed E-state index contributed by atoms with van der Waals surface area (Å²) in [6, 6.07) is 77.2. The fourth-order valence-corrected chi connectivity index (χ4v) is 15.0. The van der Waals surface area contributed by atoms with Crippen LogP contribution >= 0.6 is 22.7 Å². The maximum atomic E-state index is 2.53. The molecule has 2 aromatic heterocycles. The Kier molecular flexibility index (Phi) is 10.3. The van der Waals surface area contributed by atoms with Gasteiger partial charge in [-0.1, -0.05) is 133 Å². The van der Waals surface area contributed by atoms with Crippen LogP contribution in [0.15, 0.2) is 206 Å². The topological polar surface area (TPSA) is 6.48 Å². The second kappa shape index (κ2) is 17.2. The number of thiophene rings is 2. The number of hydrogen-bond donors (Lipinski definition) is 0. The van der Waals surface area contributed by atoms with E-state index in [4.69, 9.17) is 0 Å². The summed E-state index contributed by atoms with van der Waals surface area (Å²) in [7, 11) is 0. The molecular weight excluding hydrogens is 933 g/mol. The number of aryl methyl sites for hydroxylation is 6. The first kappa shape index (κ1) is 44.4. The Hall–Kier alpha value is -8.28. The Morgan fingerprint density at radius 2 is 0.635 bits per heavy atom. The number of anilines is 6. The summed E-state index contributed by atoms with van der Waals surface area (Å²) in [5.74, 6) is 0. The van der Waals surface area contributed by atoms with E-state index in [1.807, 2.05) is 22.7 Å². The molecule has 0 atom stereocenters. The molecule has 4 heteroatoms. The van der Waals surface area contributed by atoms with Gasteiger partial charge in [0.25, 0.3) is 0 Å². The Morgan fingerprint density at radius 1 is 0.284 bits per heavy atom. The minimum atomic E-state index is 1.14. The highest BCUT2D eigenvalue weighted by atomic mass is 32.1. The Bertz CT molecular complexity index is 4220. The standard InChI is InChI=1S/C70H52N2S2/c1-41-39-61(71(49-19-9-7-10-20-49)67-43(3)35-47(36-44(67)4)53-25-17-27-57-55-23-13-15-29-63(55)73-69(53)57)59-34-32-52-42(2)40-62(60-33-31-51(41)65(59)66(52)60)72(50-21-11-8-12-22-50)68-45(5)37-48(38-46(68)6)54-26-18-28-58-56-24-14-16-30-64(56)74-70(54)58/h7-40H,1-6H3. The van der Waals surface area contributed by atoms with Gasteiger partial charge < -0.3 is 9.80 Å². The lowest BCUT2D eigenvalue weighted by atomic mass is 9.87. The maximum Gasteiger partial charge on any atom is 0.0543 e. The van der Waals surface area contributed by atoms with Crippen molar-refractivity contribution in [1.29, 1.82) is 0 Å². The van der Waals surface area contributed by atoms with E-state index >= 15 is 0 Å². The van der Waals surface area contributed by atoms with E-state index in [9.17, 15) is 0 Å². The van der Waals surface area contributed by atoms with Crippen LogP contribution in [0.25, 0.3) is 94.9 Å². The van der Waals surface area contributed by atoms with Crippen molar-refractivity contribution < 1.29 is 0 Å². The monoisotopic (exact) mass is 984 g/mol. The normalized spacial score (nSPS) is 11.9. The van der Waals surface area contributed by atoms with Crippen LogP contribution in [0.4, 0.5) is 34.1 Å². The van der Waals surface area contributed by atoms with Crippen LogP contribution in [0.3, 0.4) is 0 Å². The number of hydrogen-bond acceptors (Lipinski definition) is 4. The third-order valence-corrected chi connectivity index (χ3v) is 18.1. The van der Waals surface area contributed by atoms with Crippen LogP contribution in [-0.2, 0) is 0 Å². The fourth-order valence-electron chi connectivity index (χ4n) is 12.5. The van der Waals surface area contributed by atoms with E-state index in [1.165, 1.54) is 151 Å². The molecule has 0 aliphatic carbocycles. The lowest BCUT2D eigenvalue weighted by Gasteiger charge is -2.33. The van der Waals surface area contributed by atoms with E-state index in [0.29, 0.717) is 0 Å². The van der Waals surface area contributed by atoms with E-state index in [0.717, 1.165) is 11.4 Å². The van der Waals surface area contributed by atoms with Gasteiger partial charge in [-0.2, -0.15) is 0 Å². The third kappa shape index (κ3) is 6.82. The second-order valence-electron chi connectivity index (χ2n) is 20.3. The van der Waals surface area contributed by atoms with E-state index in [1.54, 1.807) is 0 Å². The number of fused-ring (bicyclic) bond motifs is 6. The summed E-state index contributed by atoms with van der Waals surface area (Å²) in [6.45, 7) is 13.8. The lowest BCUT2D eigenvalue weighted by Crippen LogP contribution is -2.15. The molecule has 0 radical (unpaired) electrons. The van der Waals surface area contributed by atoms with Gasteiger partial charge in [0.05, 0.1) is 22.7 Å². The van der Waals surface area contributed by atoms with Gasteiger partial charge in [-0.05, 0) is 192 Å². The van der Waals surface area contributed by atoms with E-state index in [-0.39, 0.29) is 0 Å². The molecular formula is C70H52N2S2. The minimum absolute atomic E-state index is 1.14. The van der Waals surface area contributed by atoms with Crippen molar-refractivity contribution in [3.8, 4) is 22.3 Å². The summed E-state index contributed by atoms with van der Waals surface area (Å²) in [5, 5.41) is 12.9. The molecule has 0 saturated carbocycles. The summed E-state index contributed by atoms with van der Waals surface area (Å²) < 4.78 is 5.33. The van der Waals surface area contributed by atoms with Crippen LogP contribution < -0.4 is 9.80 Å². The molecule has 14 aromatic rings. The van der Waals surface area contributed by atoms with Crippen molar-refractivity contribution in [2.75, 3.05) is 9.80 Å². The first-order valence-electron chi connectivity index (χ1n) is 25.7. The number of nitrogens with zero attached hydrogens (tertiary/aromatic N) is 2. The van der Waals surface area contributed by atoms with Gasteiger partial charge in [-0.25, -0.2) is 0 Å². The van der Waals surface area contributed by atoms with Crippen LogP contribution in [0.5, 0.6) is 0 Å². The van der Waals surface area contributed by atoms with Crippen molar-refractivity contribution in [2.45, 2.75) is 41.5 Å². The summed E-state index contributed by atoms with van der Waals surface area (Å²) in [5.41, 5.74) is 19.6. The summed E-state index contributed by atoms with van der Waals surface area (Å²) in [6.07, 6.45) is 0. The largest absolute Gasteiger partial charge is 0.309 e. The van der Waals surface area contributed by atoms with Gasteiger partial charge in [0.2, 0.25) is 0 Å². The Morgan fingerprint density at radius 3 is 1.04 bits per heavy atom. The van der Waals surface area contributed by atoms with E-state index < -0.39 is 0 Å². The quantitative estimate of drug-likeness (QED) is 0.140. The molecule has 354 valence electrons. The summed E-state index contributed by atoms with van der Waals surface area (Å²) in [4.78, 5) is 5.07. The fraction of sp³-hybridized carbons (Fsp3) is 0.0857. The van der Waals surface area contributed by atoms with Crippen LogP contribution in [0, 0.1) is 41.5 Å². The van der Waals surface area contributed by atoms with E-state index in [2.05, 4.69) is 258 Å². The number of para-hydroxylation sites is 2. The van der Waals surface area contributed by atoms with Crippen molar-refractivity contribution in [2.24, 2.45) is 0 Å². The van der Waals surface area contributed by atoms with Crippen molar-refractivity contribution in [3.05, 3.63) is 240 Å². The van der Waals surface area contributed by atoms with Gasteiger partial charge in [-0.3, -0.25) is 0 Å². The molecule has 0 bridgehead atoms. The molecule has 0 aliphatic heterocycles. The zero-order valence-corrected chi connectivity index (χ0v) is 44.0. The Balaban J connectivity index is 0.965. The highest BCUT2D eigenvalue weighted by molar-refractivity contribution is 7.26. The van der Waals surface area contributed by atoms with Crippen molar-refractivity contribution in [3.63, 3.8) is 0 Å². The molecule has 0 spiro atoms. The zero-order chi connectivity index (χ0) is 49.9. The minimum Gasteiger partial charge on any atom is -0.309 e. The van der Waals surface area contributed by atoms with Gasteiger partial charge in [-0.15, -0.1) is 22.7 Å².